The summed E-state index contributed by atoms with van der Waals surface area (Å²) in [7, 11) is -0.886. The summed E-state index contributed by atoms with van der Waals surface area (Å²) < 4.78 is 0. The number of aliphatic hydroxyl groups excluding tert-OH is 1. The van der Waals surface area contributed by atoms with Gasteiger partial charge in [0.1, 0.15) is 0 Å². The van der Waals surface area contributed by atoms with Gasteiger partial charge in [-0.05, 0) is 33.1 Å². The van der Waals surface area contributed by atoms with Crippen LogP contribution in [-0.4, -0.2) is 35.9 Å². The van der Waals surface area contributed by atoms with Gasteiger partial charge in [0.05, 0.1) is 30.8 Å². The Hall–Kier alpha value is 0.390. The van der Waals surface area contributed by atoms with Crippen molar-refractivity contribution in [2.45, 2.75) is 117 Å². The molecule has 0 fully saturated rings. The molecule has 0 bridgehead atoms. The van der Waals surface area contributed by atoms with Crippen molar-refractivity contribution in [3.63, 3.8) is 0 Å². The van der Waals surface area contributed by atoms with Crippen molar-refractivity contribution in [2.24, 2.45) is 0 Å². The van der Waals surface area contributed by atoms with E-state index in [-0.39, 0.29) is 6.10 Å². The fourth-order valence-corrected chi connectivity index (χ4v) is 7.57. The molecule has 1 N–H and O–H groups in total. The molecule has 0 aliphatic carbocycles. The molecule has 0 aromatic heterocycles. The van der Waals surface area contributed by atoms with Crippen molar-refractivity contribution in [2.75, 3.05) is 24.6 Å². The van der Waals surface area contributed by atoms with Gasteiger partial charge in [-0.25, -0.2) is 0 Å². The van der Waals surface area contributed by atoms with Crippen LogP contribution >= 0.6 is 7.26 Å². The molecule has 0 saturated heterocycles. The van der Waals surface area contributed by atoms with Crippen LogP contribution in [0.5, 0.6) is 0 Å². The topological polar surface area (TPSA) is 20.2 Å². The summed E-state index contributed by atoms with van der Waals surface area (Å²) in [6.07, 6.45) is 22.7. The standard InChI is InChI=1S/C22H48OP/c1-5-9-11-13-14-15-16-18-20-24(7-3,8-4)21-22(23)19-17-12-10-6-2/h22-23H,5-21H2,1-4H3/q+1. The Labute approximate surface area is 154 Å². The summed E-state index contributed by atoms with van der Waals surface area (Å²) in [5.41, 5.74) is 0. The first-order chi connectivity index (χ1) is 11.6. The van der Waals surface area contributed by atoms with Crippen molar-refractivity contribution in [1.29, 1.82) is 0 Å². The molecule has 24 heavy (non-hydrogen) atoms. The van der Waals surface area contributed by atoms with Gasteiger partial charge in [-0.15, -0.1) is 0 Å². The lowest BCUT2D eigenvalue weighted by Gasteiger charge is -2.27. The van der Waals surface area contributed by atoms with Gasteiger partial charge in [0.2, 0.25) is 0 Å². The Morgan fingerprint density at radius 1 is 0.625 bits per heavy atom. The molecule has 1 atom stereocenters. The second-order valence-corrected chi connectivity index (χ2v) is 12.6. The van der Waals surface area contributed by atoms with Crippen LogP contribution in [0.1, 0.15) is 111 Å². The zero-order chi connectivity index (χ0) is 18.1. The highest BCUT2D eigenvalue weighted by atomic mass is 31.2. The monoisotopic (exact) mass is 359 g/mol. The first-order valence-corrected chi connectivity index (χ1v) is 13.7. The molecule has 0 rings (SSSR count). The molecule has 146 valence electrons. The molecule has 0 aliphatic heterocycles. The van der Waals surface area contributed by atoms with E-state index in [0.717, 1.165) is 12.6 Å². The number of unbranched alkanes of at least 4 members (excludes halogenated alkanes) is 10. The molecule has 0 aromatic rings. The molecule has 1 nitrogen and oxygen atoms in total. The summed E-state index contributed by atoms with van der Waals surface area (Å²) >= 11 is 0. The number of aliphatic hydroxyl groups is 1. The van der Waals surface area contributed by atoms with E-state index in [1.54, 1.807) is 0 Å². The van der Waals surface area contributed by atoms with Gasteiger partial charge in [-0.2, -0.15) is 0 Å². The van der Waals surface area contributed by atoms with Crippen LogP contribution in [0.4, 0.5) is 0 Å². The molecular weight excluding hydrogens is 311 g/mol. The van der Waals surface area contributed by atoms with E-state index in [9.17, 15) is 5.11 Å². The summed E-state index contributed by atoms with van der Waals surface area (Å²) in [6.45, 7) is 9.31. The summed E-state index contributed by atoms with van der Waals surface area (Å²) in [4.78, 5) is 0. The van der Waals surface area contributed by atoms with Gasteiger partial charge in [0, 0.05) is 7.26 Å². The first-order valence-electron chi connectivity index (χ1n) is 11.2. The van der Waals surface area contributed by atoms with E-state index in [0.29, 0.717) is 0 Å². The third kappa shape index (κ3) is 12.7. The van der Waals surface area contributed by atoms with Gasteiger partial charge in [0.15, 0.2) is 0 Å². The van der Waals surface area contributed by atoms with Gasteiger partial charge < -0.3 is 5.11 Å². The Morgan fingerprint density at radius 3 is 1.58 bits per heavy atom. The van der Waals surface area contributed by atoms with Crippen LogP contribution in [0.2, 0.25) is 0 Å². The summed E-state index contributed by atoms with van der Waals surface area (Å²) in [5.74, 6) is 0. The van der Waals surface area contributed by atoms with Gasteiger partial charge >= 0.3 is 0 Å². The van der Waals surface area contributed by atoms with Crippen LogP contribution in [0.25, 0.3) is 0 Å². The third-order valence-electron chi connectivity index (χ3n) is 5.82. The first kappa shape index (κ1) is 24.4. The normalized spacial score (nSPS) is 13.4. The number of hydrogen-bond acceptors (Lipinski definition) is 1. The highest BCUT2D eigenvalue weighted by Crippen LogP contribution is 2.59. The Morgan fingerprint density at radius 2 is 1.08 bits per heavy atom. The summed E-state index contributed by atoms with van der Waals surface area (Å²) in [5, 5.41) is 10.5. The van der Waals surface area contributed by atoms with Crippen LogP contribution in [0.15, 0.2) is 0 Å². The van der Waals surface area contributed by atoms with E-state index in [2.05, 4.69) is 27.7 Å². The molecule has 0 aromatic carbocycles. The largest absolute Gasteiger partial charge is 0.389 e. The summed E-state index contributed by atoms with van der Waals surface area (Å²) in [6, 6.07) is 0. The van der Waals surface area contributed by atoms with Crippen molar-refractivity contribution >= 4 is 7.26 Å². The maximum Gasteiger partial charge on any atom is 0.0875 e. The van der Waals surface area contributed by atoms with Gasteiger partial charge in [-0.3, -0.25) is 0 Å². The van der Waals surface area contributed by atoms with Gasteiger partial charge in [0.25, 0.3) is 0 Å². The molecule has 0 saturated carbocycles. The van der Waals surface area contributed by atoms with Crippen molar-refractivity contribution < 1.29 is 5.11 Å². The third-order valence-corrected chi connectivity index (χ3v) is 11.0. The molecule has 0 heterocycles. The molecule has 1 unspecified atom stereocenters. The van der Waals surface area contributed by atoms with E-state index in [1.165, 1.54) is 95.5 Å². The Balaban J connectivity index is 3.94. The van der Waals surface area contributed by atoms with E-state index in [1.807, 2.05) is 0 Å². The lowest BCUT2D eigenvalue weighted by Crippen LogP contribution is -2.20. The fraction of sp³-hybridized carbons (Fsp3) is 1.00. The van der Waals surface area contributed by atoms with Crippen molar-refractivity contribution in [3.8, 4) is 0 Å². The van der Waals surface area contributed by atoms with Crippen molar-refractivity contribution in [1.82, 2.24) is 0 Å². The lowest BCUT2D eigenvalue weighted by atomic mass is 10.1. The number of rotatable bonds is 18. The predicted octanol–water partition coefficient (Wildman–Crippen LogP) is 7.52. The average Bonchev–Trinajstić information content (AvgIpc) is 2.60. The van der Waals surface area contributed by atoms with Crippen LogP contribution in [0.3, 0.4) is 0 Å². The molecule has 0 aliphatic rings. The molecule has 2 heteroatoms. The Bertz CT molecular complexity index is 250. The van der Waals surface area contributed by atoms with E-state index >= 15 is 0 Å². The zero-order valence-corrected chi connectivity index (χ0v) is 18.4. The molecular formula is C22H48OP+. The fourth-order valence-electron chi connectivity index (χ4n) is 3.82. The quantitative estimate of drug-likeness (QED) is 0.198. The van der Waals surface area contributed by atoms with Crippen LogP contribution in [0, 0.1) is 0 Å². The maximum absolute atomic E-state index is 10.5. The highest BCUT2D eigenvalue weighted by molar-refractivity contribution is 7.75. The van der Waals surface area contributed by atoms with Crippen LogP contribution < -0.4 is 0 Å². The second-order valence-electron chi connectivity index (χ2n) is 7.86. The zero-order valence-electron chi connectivity index (χ0n) is 17.5. The van der Waals surface area contributed by atoms with Crippen LogP contribution in [-0.2, 0) is 0 Å². The minimum Gasteiger partial charge on any atom is -0.389 e. The molecule has 0 spiro atoms. The molecule has 0 radical (unpaired) electrons. The highest BCUT2D eigenvalue weighted by Gasteiger charge is 2.35. The van der Waals surface area contributed by atoms with E-state index < -0.39 is 7.26 Å². The minimum absolute atomic E-state index is 0.0240. The SMILES string of the molecule is CCCCCCCCCC[P+](CC)(CC)CC(O)CCCCCC. The number of hydrogen-bond donors (Lipinski definition) is 1. The second kappa shape index (κ2) is 16.8. The van der Waals surface area contributed by atoms with Crippen molar-refractivity contribution in [3.05, 3.63) is 0 Å². The smallest absolute Gasteiger partial charge is 0.0875 e. The predicted molar refractivity (Wildman–Crippen MR) is 115 cm³/mol. The molecule has 0 amide bonds. The van der Waals surface area contributed by atoms with Gasteiger partial charge in [-0.1, -0.05) is 78.1 Å². The minimum atomic E-state index is -0.886. The average molecular weight is 360 g/mol. The maximum atomic E-state index is 10.5. The Kier molecular flexibility index (Phi) is 17.1. The lowest BCUT2D eigenvalue weighted by molar-refractivity contribution is 0.183. The van der Waals surface area contributed by atoms with E-state index in [4.69, 9.17) is 0 Å².